The quantitative estimate of drug-likeness (QED) is 0.629. The SMILES string of the molecule is c1ccc(Cn2ccc[n+]2Cc2ccccc2)cc1. The summed E-state index contributed by atoms with van der Waals surface area (Å²) in [4.78, 5) is 0. The molecule has 0 spiro atoms. The van der Waals surface area contributed by atoms with Crippen LogP contribution in [0.3, 0.4) is 0 Å². The Morgan fingerprint density at radius 2 is 1.37 bits per heavy atom. The zero-order valence-corrected chi connectivity index (χ0v) is 10.8. The van der Waals surface area contributed by atoms with E-state index >= 15 is 0 Å². The fraction of sp³-hybridized carbons (Fsp3) is 0.118. The van der Waals surface area contributed by atoms with Crippen LogP contribution in [0.1, 0.15) is 11.1 Å². The summed E-state index contributed by atoms with van der Waals surface area (Å²) in [6, 6.07) is 23.2. The molecule has 0 bridgehead atoms. The largest absolute Gasteiger partial charge is 0.197 e. The summed E-state index contributed by atoms with van der Waals surface area (Å²) < 4.78 is 4.48. The molecule has 0 aliphatic heterocycles. The molecule has 2 nitrogen and oxygen atoms in total. The van der Waals surface area contributed by atoms with Crippen LogP contribution in [0.25, 0.3) is 0 Å². The van der Waals surface area contributed by atoms with E-state index in [1.165, 1.54) is 11.1 Å². The average Bonchev–Trinajstić information content (AvgIpc) is 2.88. The van der Waals surface area contributed by atoms with Gasteiger partial charge < -0.3 is 0 Å². The van der Waals surface area contributed by atoms with Gasteiger partial charge in [-0.2, -0.15) is 4.68 Å². The van der Waals surface area contributed by atoms with Gasteiger partial charge in [0.1, 0.15) is 6.54 Å². The second-order valence-electron chi connectivity index (χ2n) is 4.66. The normalized spacial score (nSPS) is 10.5. The molecule has 94 valence electrons. The van der Waals surface area contributed by atoms with Gasteiger partial charge in [0.05, 0.1) is 6.20 Å². The molecule has 0 N–H and O–H groups in total. The minimum absolute atomic E-state index is 0.903. The lowest BCUT2D eigenvalue weighted by Crippen LogP contribution is -2.43. The maximum atomic E-state index is 2.24. The molecule has 0 saturated carbocycles. The molecule has 2 aromatic carbocycles. The van der Waals surface area contributed by atoms with E-state index in [9.17, 15) is 0 Å². The van der Waals surface area contributed by atoms with Gasteiger partial charge in [0.25, 0.3) is 0 Å². The Balaban J connectivity index is 1.79. The van der Waals surface area contributed by atoms with Crippen LogP contribution < -0.4 is 4.68 Å². The first-order valence-electron chi connectivity index (χ1n) is 6.54. The van der Waals surface area contributed by atoms with Crippen molar-refractivity contribution >= 4 is 0 Å². The Kier molecular flexibility index (Phi) is 3.41. The van der Waals surface area contributed by atoms with Crippen molar-refractivity contribution in [2.75, 3.05) is 0 Å². The number of nitrogens with zero attached hydrogens (tertiary/aromatic N) is 2. The van der Waals surface area contributed by atoms with Crippen molar-refractivity contribution in [1.82, 2.24) is 4.68 Å². The first-order chi connectivity index (χ1) is 9.42. The average molecular weight is 249 g/mol. The minimum Gasteiger partial charge on any atom is -0.156 e. The van der Waals surface area contributed by atoms with Gasteiger partial charge in [-0.15, -0.1) is 4.68 Å². The van der Waals surface area contributed by atoms with Crippen molar-refractivity contribution in [3.05, 3.63) is 90.3 Å². The predicted octanol–water partition coefficient (Wildman–Crippen LogP) is 2.87. The Bertz CT molecular complexity index is 571. The van der Waals surface area contributed by atoms with E-state index in [2.05, 4.69) is 88.5 Å². The Labute approximate surface area is 113 Å². The summed E-state index contributed by atoms with van der Waals surface area (Å²) >= 11 is 0. The lowest BCUT2D eigenvalue weighted by atomic mass is 10.2. The van der Waals surface area contributed by atoms with Crippen LogP contribution in [0, 0.1) is 0 Å². The van der Waals surface area contributed by atoms with Gasteiger partial charge in [0.2, 0.25) is 0 Å². The highest BCUT2D eigenvalue weighted by Crippen LogP contribution is 2.02. The van der Waals surface area contributed by atoms with E-state index in [0.717, 1.165) is 13.1 Å². The topological polar surface area (TPSA) is 8.81 Å². The smallest absolute Gasteiger partial charge is 0.156 e. The first-order valence-corrected chi connectivity index (χ1v) is 6.54. The molecule has 19 heavy (non-hydrogen) atoms. The molecule has 0 aliphatic carbocycles. The van der Waals surface area contributed by atoms with Crippen LogP contribution in [-0.4, -0.2) is 4.68 Å². The van der Waals surface area contributed by atoms with Crippen LogP contribution in [-0.2, 0) is 13.1 Å². The molecule has 0 aliphatic rings. The van der Waals surface area contributed by atoms with Gasteiger partial charge in [-0.05, 0) is 5.56 Å². The third-order valence-electron chi connectivity index (χ3n) is 3.22. The number of rotatable bonds is 4. The summed E-state index contributed by atoms with van der Waals surface area (Å²) in [7, 11) is 0. The molecule has 1 heterocycles. The molecular formula is C17H17N2+. The summed E-state index contributed by atoms with van der Waals surface area (Å²) in [6.07, 6.45) is 4.24. The zero-order chi connectivity index (χ0) is 12.9. The molecular weight excluding hydrogens is 232 g/mol. The van der Waals surface area contributed by atoms with Crippen LogP contribution in [0.2, 0.25) is 0 Å². The van der Waals surface area contributed by atoms with E-state index in [1.807, 2.05) is 0 Å². The fourth-order valence-electron chi connectivity index (χ4n) is 2.24. The summed E-state index contributed by atoms with van der Waals surface area (Å²) in [6.45, 7) is 1.81. The second-order valence-corrected chi connectivity index (χ2v) is 4.66. The van der Waals surface area contributed by atoms with Gasteiger partial charge in [-0.25, -0.2) is 0 Å². The molecule has 0 radical (unpaired) electrons. The number of benzene rings is 2. The monoisotopic (exact) mass is 249 g/mol. The standard InChI is InChI=1S/C17H17N2/c1-3-8-16(9-4-1)14-18-12-7-13-19(18)15-17-10-5-2-6-11-17/h1-13H,14-15H2/q+1. The molecule has 0 amide bonds. The second kappa shape index (κ2) is 5.53. The highest BCUT2D eigenvalue weighted by Gasteiger charge is 2.09. The Hall–Kier alpha value is -2.35. The van der Waals surface area contributed by atoms with Crippen molar-refractivity contribution in [3.8, 4) is 0 Å². The van der Waals surface area contributed by atoms with Crippen molar-refractivity contribution in [2.24, 2.45) is 0 Å². The van der Waals surface area contributed by atoms with Crippen LogP contribution in [0.15, 0.2) is 79.1 Å². The lowest BCUT2D eigenvalue weighted by Gasteiger charge is -2.03. The number of aromatic nitrogens is 2. The fourth-order valence-corrected chi connectivity index (χ4v) is 2.24. The Morgan fingerprint density at radius 1 is 0.737 bits per heavy atom. The predicted molar refractivity (Wildman–Crippen MR) is 75.7 cm³/mol. The van der Waals surface area contributed by atoms with E-state index in [1.54, 1.807) is 0 Å². The highest BCUT2D eigenvalue weighted by molar-refractivity contribution is 5.15. The molecule has 0 atom stereocenters. The minimum atomic E-state index is 0.903. The van der Waals surface area contributed by atoms with Crippen LogP contribution in [0.4, 0.5) is 0 Å². The summed E-state index contributed by atoms with van der Waals surface area (Å²) in [5.74, 6) is 0. The number of hydrogen-bond donors (Lipinski definition) is 0. The maximum Gasteiger partial charge on any atom is 0.197 e. The van der Waals surface area contributed by atoms with Gasteiger partial charge >= 0.3 is 0 Å². The molecule has 0 unspecified atom stereocenters. The van der Waals surface area contributed by atoms with Gasteiger partial charge in [0.15, 0.2) is 12.7 Å². The Morgan fingerprint density at radius 3 is 2.05 bits per heavy atom. The van der Waals surface area contributed by atoms with Crippen molar-refractivity contribution in [3.63, 3.8) is 0 Å². The zero-order valence-electron chi connectivity index (χ0n) is 10.8. The highest BCUT2D eigenvalue weighted by atomic mass is 15.4. The molecule has 0 fully saturated rings. The van der Waals surface area contributed by atoms with Crippen molar-refractivity contribution in [1.29, 1.82) is 0 Å². The summed E-state index contributed by atoms with van der Waals surface area (Å²) in [5, 5.41) is 0. The van der Waals surface area contributed by atoms with Crippen LogP contribution >= 0.6 is 0 Å². The molecule has 2 heteroatoms. The van der Waals surface area contributed by atoms with Crippen LogP contribution in [0.5, 0.6) is 0 Å². The van der Waals surface area contributed by atoms with Gasteiger partial charge in [0, 0.05) is 11.6 Å². The van der Waals surface area contributed by atoms with E-state index in [0.29, 0.717) is 0 Å². The first kappa shape index (κ1) is 11.7. The van der Waals surface area contributed by atoms with Crippen molar-refractivity contribution in [2.45, 2.75) is 13.1 Å². The molecule has 3 aromatic rings. The van der Waals surface area contributed by atoms with Gasteiger partial charge in [-0.1, -0.05) is 60.7 Å². The third kappa shape index (κ3) is 2.91. The maximum absolute atomic E-state index is 2.24. The lowest BCUT2D eigenvalue weighted by molar-refractivity contribution is -0.767. The number of hydrogen-bond acceptors (Lipinski definition) is 0. The molecule has 1 aromatic heterocycles. The van der Waals surface area contributed by atoms with E-state index in [4.69, 9.17) is 0 Å². The summed E-state index contributed by atoms with van der Waals surface area (Å²) in [5.41, 5.74) is 2.64. The van der Waals surface area contributed by atoms with Gasteiger partial charge in [-0.3, -0.25) is 0 Å². The van der Waals surface area contributed by atoms with Crippen molar-refractivity contribution < 1.29 is 4.68 Å². The van der Waals surface area contributed by atoms with E-state index in [-0.39, 0.29) is 0 Å². The third-order valence-corrected chi connectivity index (χ3v) is 3.22. The van der Waals surface area contributed by atoms with E-state index < -0.39 is 0 Å². The molecule has 3 rings (SSSR count). The molecule has 0 saturated heterocycles.